The van der Waals surface area contributed by atoms with Gasteiger partial charge in [0.25, 0.3) is 5.91 Å². The van der Waals surface area contributed by atoms with E-state index < -0.39 is 5.97 Å². The second kappa shape index (κ2) is 5.81. The van der Waals surface area contributed by atoms with E-state index in [1.54, 1.807) is 30.3 Å². The molecule has 2 N–H and O–H groups in total. The number of aromatic carboxylic acids is 1. The SMILES string of the molecule is O=C(NC1CC1)c1cccc(-c2ccc(C(=O)O)c(Cl)c2)c1. The molecule has 22 heavy (non-hydrogen) atoms. The molecule has 0 radical (unpaired) electrons. The number of carboxylic acid groups (broad SMARTS) is 1. The normalized spacial score (nSPS) is 13.7. The number of carboxylic acids is 1. The van der Waals surface area contributed by atoms with E-state index in [-0.39, 0.29) is 16.5 Å². The minimum Gasteiger partial charge on any atom is -0.478 e. The van der Waals surface area contributed by atoms with E-state index in [1.807, 2.05) is 6.07 Å². The predicted molar refractivity (Wildman–Crippen MR) is 84.3 cm³/mol. The Bertz CT molecular complexity index is 753. The van der Waals surface area contributed by atoms with Crippen molar-refractivity contribution in [1.82, 2.24) is 5.32 Å². The van der Waals surface area contributed by atoms with Crippen LogP contribution in [0.25, 0.3) is 11.1 Å². The van der Waals surface area contributed by atoms with Gasteiger partial charge in [0, 0.05) is 11.6 Å². The van der Waals surface area contributed by atoms with Gasteiger partial charge in [0.2, 0.25) is 0 Å². The average molecular weight is 316 g/mol. The Morgan fingerprint density at radius 3 is 2.45 bits per heavy atom. The Labute approximate surface area is 132 Å². The minimum absolute atomic E-state index is 0.0630. The van der Waals surface area contributed by atoms with Crippen LogP contribution in [-0.2, 0) is 0 Å². The van der Waals surface area contributed by atoms with E-state index in [0.717, 1.165) is 24.0 Å². The predicted octanol–water partition coefficient (Wildman–Crippen LogP) is 3.60. The maximum atomic E-state index is 12.1. The van der Waals surface area contributed by atoms with Gasteiger partial charge in [0.15, 0.2) is 0 Å². The molecule has 0 heterocycles. The summed E-state index contributed by atoms with van der Waals surface area (Å²) in [6.45, 7) is 0. The summed E-state index contributed by atoms with van der Waals surface area (Å²) in [5, 5.41) is 12.1. The Balaban J connectivity index is 1.89. The number of carbonyl (C=O) groups is 2. The lowest BCUT2D eigenvalue weighted by Crippen LogP contribution is -2.25. The highest BCUT2D eigenvalue weighted by molar-refractivity contribution is 6.33. The summed E-state index contributed by atoms with van der Waals surface area (Å²) in [4.78, 5) is 23.1. The van der Waals surface area contributed by atoms with Gasteiger partial charge in [-0.1, -0.05) is 29.8 Å². The molecule has 0 saturated heterocycles. The Morgan fingerprint density at radius 2 is 1.82 bits per heavy atom. The Morgan fingerprint density at radius 1 is 1.09 bits per heavy atom. The fraction of sp³-hybridized carbons (Fsp3) is 0.176. The van der Waals surface area contributed by atoms with Crippen LogP contribution in [0.5, 0.6) is 0 Å². The molecule has 5 heteroatoms. The molecule has 0 aliphatic heterocycles. The van der Waals surface area contributed by atoms with Crippen LogP contribution in [0.4, 0.5) is 0 Å². The molecule has 1 fully saturated rings. The number of amides is 1. The third-order valence-electron chi connectivity index (χ3n) is 3.57. The highest BCUT2D eigenvalue weighted by Crippen LogP contribution is 2.27. The maximum Gasteiger partial charge on any atom is 0.337 e. The van der Waals surface area contributed by atoms with E-state index >= 15 is 0 Å². The molecule has 0 spiro atoms. The number of halogens is 1. The molecule has 0 unspecified atom stereocenters. The van der Waals surface area contributed by atoms with Crippen LogP contribution in [-0.4, -0.2) is 23.0 Å². The standard InChI is InChI=1S/C17H14ClNO3/c18-15-9-11(4-7-14(15)17(21)22)10-2-1-3-12(8-10)16(20)19-13-5-6-13/h1-4,7-9,13H,5-6H2,(H,19,20)(H,21,22). The van der Waals surface area contributed by atoms with Crippen molar-refractivity contribution >= 4 is 23.5 Å². The third kappa shape index (κ3) is 3.12. The second-order valence-corrected chi connectivity index (χ2v) is 5.74. The van der Waals surface area contributed by atoms with Crippen LogP contribution >= 0.6 is 11.6 Å². The maximum absolute atomic E-state index is 12.1. The summed E-state index contributed by atoms with van der Waals surface area (Å²) >= 11 is 5.99. The molecule has 1 amide bonds. The molecule has 3 rings (SSSR count). The van der Waals surface area contributed by atoms with Gasteiger partial charge in [0.1, 0.15) is 0 Å². The summed E-state index contributed by atoms with van der Waals surface area (Å²) in [6.07, 6.45) is 2.08. The molecule has 1 saturated carbocycles. The van der Waals surface area contributed by atoms with Crippen molar-refractivity contribution in [3.05, 3.63) is 58.6 Å². The first-order valence-electron chi connectivity index (χ1n) is 6.99. The second-order valence-electron chi connectivity index (χ2n) is 5.33. The van der Waals surface area contributed by atoms with Crippen LogP contribution in [0.15, 0.2) is 42.5 Å². The first-order valence-corrected chi connectivity index (χ1v) is 7.36. The van der Waals surface area contributed by atoms with E-state index in [9.17, 15) is 9.59 Å². The monoisotopic (exact) mass is 315 g/mol. The molecule has 2 aromatic carbocycles. The van der Waals surface area contributed by atoms with Gasteiger partial charge in [-0.05, 0) is 48.2 Å². The zero-order chi connectivity index (χ0) is 15.7. The fourth-order valence-corrected chi connectivity index (χ4v) is 2.47. The first-order chi connectivity index (χ1) is 10.5. The van der Waals surface area contributed by atoms with E-state index in [1.165, 1.54) is 6.07 Å². The molecular formula is C17H14ClNO3. The lowest BCUT2D eigenvalue weighted by molar-refractivity contribution is 0.0697. The van der Waals surface area contributed by atoms with E-state index in [4.69, 9.17) is 16.7 Å². The minimum atomic E-state index is -1.06. The molecule has 2 aromatic rings. The molecule has 1 aliphatic rings. The van der Waals surface area contributed by atoms with E-state index in [0.29, 0.717) is 11.6 Å². The molecule has 0 atom stereocenters. The summed E-state index contributed by atoms with van der Waals surface area (Å²) in [5.74, 6) is -1.15. The number of nitrogens with one attached hydrogen (secondary N) is 1. The lowest BCUT2D eigenvalue weighted by Gasteiger charge is -2.08. The first kappa shape index (κ1) is 14.6. The number of carbonyl (C=O) groups excluding carboxylic acids is 1. The topological polar surface area (TPSA) is 66.4 Å². The van der Waals surface area contributed by atoms with Gasteiger partial charge >= 0.3 is 5.97 Å². The smallest absolute Gasteiger partial charge is 0.337 e. The zero-order valence-electron chi connectivity index (χ0n) is 11.7. The number of hydrogen-bond acceptors (Lipinski definition) is 2. The molecule has 0 aromatic heterocycles. The van der Waals surface area contributed by atoms with Crippen LogP contribution in [0.3, 0.4) is 0 Å². The number of benzene rings is 2. The average Bonchev–Trinajstić information content (AvgIpc) is 3.31. The van der Waals surface area contributed by atoms with Crippen LogP contribution in [0.2, 0.25) is 5.02 Å². The van der Waals surface area contributed by atoms with Crippen molar-refractivity contribution in [2.75, 3.05) is 0 Å². The largest absolute Gasteiger partial charge is 0.478 e. The van der Waals surface area contributed by atoms with Crippen molar-refractivity contribution in [2.24, 2.45) is 0 Å². The molecular weight excluding hydrogens is 302 g/mol. The highest BCUT2D eigenvalue weighted by Gasteiger charge is 2.23. The van der Waals surface area contributed by atoms with Crippen molar-refractivity contribution in [1.29, 1.82) is 0 Å². The summed E-state index contributed by atoms with van der Waals surface area (Å²) in [6, 6.07) is 12.3. The van der Waals surface area contributed by atoms with Crippen molar-refractivity contribution < 1.29 is 14.7 Å². The Kier molecular flexibility index (Phi) is 3.86. The van der Waals surface area contributed by atoms with Gasteiger partial charge in [-0.3, -0.25) is 4.79 Å². The van der Waals surface area contributed by atoms with Gasteiger partial charge in [-0.2, -0.15) is 0 Å². The fourth-order valence-electron chi connectivity index (χ4n) is 2.20. The summed E-state index contributed by atoms with van der Waals surface area (Å²) in [7, 11) is 0. The zero-order valence-corrected chi connectivity index (χ0v) is 12.4. The Hall–Kier alpha value is -2.33. The molecule has 112 valence electrons. The van der Waals surface area contributed by atoms with Crippen molar-refractivity contribution in [3.8, 4) is 11.1 Å². The van der Waals surface area contributed by atoms with Gasteiger partial charge in [-0.15, -0.1) is 0 Å². The van der Waals surface area contributed by atoms with Gasteiger partial charge in [-0.25, -0.2) is 4.79 Å². The summed E-state index contributed by atoms with van der Waals surface area (Å²) < 4.78 is 0. The number of rotatable bonds is 4. The summed E-state index contributed by atoms with van der Waals surface area (Å²) in [5.41, 5.74) is 2.24. The molecule has 1 aliphatic carbocycles. The molecule has 0 bridgehead atoms. The highest BCUT2D eigenvalue weighted by atomic mass is 35.5. The van der Waals surface area contributed by atoms with Crippen LogP contribution in [0.1, 0.15) is 33.6 Å². The number of hydrogen-bond donors (Lipinski definition) is 2. The van der Waals surface area contributed by atoms with Gasteiger partial charge in [0.05, 0.1) is 10.6 Å². The quantitative estimate of drug-likeness (QED) is 0.906. The lowest BCUT2D eigenvalue weighted by atomic mass is 10.0. The van der Waals surface area contributed by atoms with Gasteiger partial charge < -0.3 is 10.4 Å². The molecule has 4 nitrogen and oxygen atoms in total. The van der Waals surface area contributed by atoms with Crippen molar-refractivity contribution in [3.63, 3.8) is 0 Å². The third-order valence-corrected chi connectivity index (χ3v) is 3.88. The van der Waals surface area contributed by atoms with Crippen LogP contribution in [0, 0.1) is 0 Å². The van der Waals surface area contributed by atoms with E-state index in [2.05, 4.69) is 5.32 Å². The van der Waals surface area contributed by atoms with Crippen LogP contribution < -0.4 is 5.32 Å². The van der Waals surface area contributed by atoms with Crippen molar-refractivity contribution in [2.45, 2.75) is 18.9 Å².